The van der Waals surface area contributed by atoms with Gasteiger partial charge in [0.15, 0.2) is 0 Å². The number of nitrogens with one attached hydrogen (secondary N) is 1. The van der Waals surface area contributed by atoms with Crippen molar-refractivity contribution in [3.05, 3.63) is 35.9 Å². The molecule has 2 nitrogen and oxygen atoms in total. The van der Waals surface area contributed by atoms with E-state index in [-0.39, 0.29) is 5.91 Å². The Morgan fingerprint density at radius 2 is 2.00 bits per heavy atom. The molecule has 0 saturated carbocycles. The van der Waals surface area contributed by atoms with Crippen LogP contribution in [0, 0.1) is 0 Å². The molecule has 1 atom stereocenters. The van der Waals surface area contributed by atoms with Gasteiger partial charge in [0, 0.05) is 12.5 Å². The highest BCUT2D eigenvalue weighted by atomic mass is 16.2. The lowest BCUT2D eigenvalue weighted by atomic mass is 9.98. The maximum Gasteiger partial charge on any atom is 0.222 e. The Bertz CT molecular complexity index is 286. The summed E-state index contributed by atoms with van der Waals surface area (Å²) in [4.78, 5) is 10.6. The maximum absolute atomic E-state index is 10.6. The van der Waals surface area contributed by atoms with Crippen molar-refractivity contribution in [2.45, 2.75) is 25.3 Å². The molecule has 1 aliphatic rings. The van der Waals surface area contributed by atoms with Gasteiger partial charge in [-0.15, -0.1) is 0 Å². The Labute approximate surface area is 78.0 Å². The minimum absolute atomic E-state index is 0.193. The highest BCUT2D eigenvalue weighted by molar-refractivity contribution is 5.82. The predicted octanol–water partition coefficient (Wildman–Crippen LogP) is 1.51. The van der Waals surface area contributed by atoms with Gasteiger partial charge in [0.2, 0.25) is 5.91 Å². The van der Waals surface area contributed by atoms with Crippen molar-refractivity contribution in [1.82, 2.24) is 5.32 Å². The van der Waals surface area contributed by atoms with Gasteiger partial charge in [-0.2, -0.15) is 0 Å². The second-order valence-electron chi connectivity index (χ2n) is 3.49. The molecule has 0 bridgehead atoms. The zero-order valence-corrected chi connectivity index (χ0v) is 7.49. The molecule has 0 spiro atoms. The van der Waals surface area contributed by atoms with Gasteiger partial charge in [-0.05, 0) is 18.4 Å². The molecule has 1 fully saturated rings. The van der Waals surface area contributed by atoms with Crippen LogP contribution in [0.1, 0.15) is 18.4 Å². The van der Waals surface area contributed by atoms with Gasteiger partial charge in [-0.1, -0.05) is 30.3 Å². The summed E-state index contributed by atoms with van der Waals surface area (Å²) in [6.07, 6.45) is 2.84. The molecule has 13 heavy (non-hydrogen) atoms. The fourth-order valence-electron chi connectivity index (χ4n) is 1.59. The first-order valence-electron chi connectivity index (χ1n) is 4.68. The molecule has 1 N–H and O–H groups in total. The summed E-state index contributed by atoms with van der Waals surface area (Å²) in [6, 6.07) is 10.8. The molecular formula is C11H13NO. The Balaban J connectivity index is 1.77. The third kappa shape index (κ3) is 2.08. The number of hydrogen-bond donors (Lipinski definition) is 1. The number of carbonyl (C=O) groups excluding carboxylic acids is 1. The Morgan fingerprint density at radius 1 is 1.31 bits per heavy atom. The number of benzene rings is 1. The smallest absolute Gasteiger partial charge is 0.222 e. The molecule has 0 radical (unpaired) electrons. The molecule has 1 amide bonds. The highest BCUT2D eigenvalue weighted by Crippen LogP contribution is 2.12. The van der Waals surface area contributed by atoms with Gasteiger partial charge < -0.3 is 5.32 Å². The summed E-state index contributed by atoms with van der Waals surface area (Å²) in [5.41, 5.74) is 1.35. The summed E-state index contributed by atoms with van der Waals surface area (Å²) in [5, 5.41) is 2.87. The van der Waals surface area contributed by atoms with Gasteiger partial charge in [-0.25, -0.2) is 0 Å². The minimum atomic E-state index is 0.193. The van der Waals surface area contributed by atoms with Gasteiger partial charge in [-0.3, -0.25) is 4.79 Å². The van der Waals surface area contributed by atoms with Crippen LogP contribution < -0.4 is 5.32 Å². The Hall–Kier alpha value is -1.31. The largest absolute Gasteiger partial charge is 0.353 e. The summed E-state index contributed by atoms with van der Waals surface area (Å²) >= 11 is 0. The van der Waals surface area contributed by atoms with E-state index in [4.69, 9.17) is 0 Å². The third-order valence-corrected chi connectivity index (χ3v) is 2.42. The first kappa shape index (κ1) is 8.30. The van der Waals surface area contributed by atoms with Crippen LogP contribution >= 0.6 is 0 Å². The molecule has 1 aromatic carbocycles. The zero-order chi connectivity index (χ0) is 9.10. The molecule has 0 aliphatic carbocycles. The average Bonchev–Trinajstić information content (AvgIpc) is 2.12. The molecule has 1 aromatic rings. The van der Waals surface area contributed by atoms with E-state index >= 15 is 0 Å². The van der Waals surface area contributed by atoms with Crippen molar-refractivity contribution in [3.8, 4) is 0 Å². The molecule has 1 saturated heterocycles. The van der Waals surface area contributed by atoms with Crippen LogP contribution in [0.15, 0.2) is 30.3 Å². The van der Waals surface area contributed by atoms with Crippen LogP contribution in [-0.2, 0) is 11.2 Å². The molecule has 1 heterocycles. The van der Waals surface area contributed by atoms with E-state index in [2.05, 4.69) is 29.6 Å². The first-order valence-corrected chi connectivity index (χ1v) is 4.68. The minimum Gasteiger partial charge on any atom is -0.353 e. The van der Waals surface area contributed by atoms with E-state index in [1.165, 1.54) is 5.56 Å². The van der Waals surface area contributed by atoms with Gasteiger partial charge in [0.25, 0.3) is 0 Å². The topological polar surface area (TPSA) is 29.1 Å². The van der Waals surface area contributed by atoms with Crippen molar-refractivity contribution in [2.75, 3.05) is 0 Å². The van der Waals surface area contributed by atoms with Crippen molar-refractivity contribution in [2.24, 2.45) is 0 Å². The van der Waals surface area contributed by atoms with E-state index in [1.54, 1.807) is 0 Å². The lowest BCUT2D eigenvalue weighted by Crippen LogP contribution is -2.48. The van der Waals surface area contributed by atoms with Gasteiger partial charge in [0.1, 0.15) is 0 Å². The summed E-state index contributed by atoms with van der Waals surface area (Å²) in [6.45, 7) is 0. The van der Waals surface area contributed by atoms with Gasteiger partial charge >= 0.3 is 0 Å². The first-order chi connectivity index (χ1) is 6.34. The van der Waals surface area contributed by atoms with E-state index < -0.39 is 0 Å². The quantitative estimate of drug-likeness (QED) is 0.693. The highest BCUT2D eigenvalue weighted by Gasteiger charge is 2.24. The summed E-state index contributed by atoms with van der Waals surface area (Å²) in [5.74, 6) is 0.193. The average molecular weight is 175 g/mol. The standard InChI is InChI=1S/C11H13NO/c13-11-8-10(12-11)7-6-9-4-2-1-3-5-9/h1-5,10H,6-8H2,(H,12,13)/t10-/m1/s1. The number of aryl methyl sites for hydroxylation is 1. The lowest BCUT2D eigenvalue weighted by molar-refractivity contribution is -0.128. The van der Waals surface area contributed by atoms with Crippen molar-refractivity contribution < 1.29 is 4.79 Å². The van der Waals surface area contributed by atoms with E-state index in [0.29, 0.717) is 12.5 Å². The molecule has 68 valence electrons. The van der Waals surface area contributed by atoms with E-state index in [9.17, 15) is 4.79 Å². The predicted molar refractivity (Wildman–Crippen MR) is 51.3 cm³/mol. The second-order valence-corrected chi connectivity index (χ2v) is 3.49. The van der Waals surface area contributed by atoms with Crippen LogP contribution in [0.4, 0.5) is 0 Å². The normalized spacial score (nSPS) is 20.6. The molecule has 2 heteroatoms. The van der Waals surface area contributed by atoms with Crippen LogP contribution in [-0.4, -0.2) is 11.9 Å². The van der Waals surface area contributed by atoms with E-state index in [1.807, 2.05) is 6.07 Å². The number of amides is 1. The summed E-state index contributed by atoms with van der Waals surface area (Å²) in [7, 11) is 0. The SMILES string of the molecule is O=C1C[C@@H](CCc2ccccc2)N1. The number of carbonyl (C=O) groups is 1. The zero-order valence-electron chi connectivity index (χ0n) is 7.49. The van der Waals surface area contributed by atoms with Gasteiger partial charge in [0.05, 0.1) is 0 Å². The number of rotatable bonds is 3. The van der Waals surface area contributed by atoms with E-state index in [0.717, 1.165) is 12.8 Å². The Morgan fingerprint density at radius 3 is 2.62 bits per heavy atom. The van der Waals surface area contributed by atoms with Crippen LogP contribution in [0.2, 0.25) is 0 Å². The molecule has 2 rings (SSSR count). The number of hydrogen-bond acceptors (Lipinski definition) is 1. The fraction of sp³-hybridized carbons (Fsp3) is 0.364. The van der Waals surface area contributed by atoms with Crippen molar-refractivity contribution >= 4 is 5.91 Å². The summed E-state index contributed by atoms with van der Waals surface area (Å²) < 4.78 is 0. The molecular weight excluding hydrogens is 162 g/mol. The lowest BCUT2D eigenvalue weighted by Gasteiger charge is -2.26. The molecule has 0 unspecified atom stereocenters. The molecule has 0 aromatic heterocycles. The maximum atomic E-state index is 10.6. The monoisotopic (exact) mass is 175 g/mol. The second kappa shape index (κ2) is 3.60. The van der Waals surface area contributed by atoms with Crippen LogP contribution in [0.25, 0.3) is 0 Å². The molecule has 1 aliphatic heterocycles. The van der Waals surface area contributed by atoms with Crippen molar-refractivity contribution in [3.63, 3.8) is 0 Å². The van der Waals surface area contributed by atoms with Crippen LogP contribution in [0.3, 0.4) is 0 Å². The third-order valence-electron chi connectivity index (χ3n) is 2.42. The number of β-lactam (4-membered cyclic amide) rings is 1. The Kier molecular flexibility index (Phi) is 2.30. The fourth-order valence-corrected chi connectivity index (χ4v) is 1.59. The van der Waals surface area contributed by atoms with Crippen LogP contribution in [0.5, 0.6) is 0 Å². The van der Waals surface area contributed by atoms with Crippen molar-refractivity contribution in [1.29, 1.82) is 0 Å².